The molecule has 0 atom stereocenters. The monoisotopic (exact) mass is 318 g/mol. The molecular weight excluding hydrogens is 307 g/mol. The Morgan fingerprint density at radius 2 is 1.86 bits per heavy atom. The number of rotatable bonds is 4. The Balaban J connectivity index is 1.86. The van der Waals surface area contributed by atoms with Crippen molar-refractivity contribution in [2.24, 2.45) is 5.11 Å². The lowest BCUT2D eigenvalue weighted by Gasteiger charge is -2.07. The van der Waals surface area contributed by atoms with Crippen LogP contribution in [-0.4, -0.2) is 4.32 Å². The summed E-state index contributed by atoms with van der Waals surface area (Å²) >= 11 is 6.70. The smallest absolute Gasteiger partial charge is 0.138 e. The van der Waals surface area contributed by atoms with Crippen molar-refractivity contribution >= 4 is 39.7 Å². The van der Waals surface area contributed by atoms with Crippen LogP contribution >= 0.6 is 24.0 Å². The van der Waals surface area contributed by atoms with Crippen LogP contribution < -0.4 is 5.32 Å². The largest absolute Gasteiger partial charge is 0.341 e. The third kappa shape index (κ3) is 5.07. The molecule has 0 aliphatic heterocycles. The molecule has 0 saturated heterocycles. The summed E-state index contributed by atoms with van der Waals surface area (Å²) in [7, 11) is 0. The van der Waals surface area contributed by atoms with Gasteiger partial charge < -0.3 is 5.32 Å². The third-order valence-electron chi connectivity index (χ3n) is 2.56. The fourth-order valence-electron chi connectivity index (χ4n) is 1.55. The highest BCUT2D eigenvalue weighted by Crippen LogP contribution is 2.19. The molecule has 7 heteroatoms. The molecule has 21 heavy (non-hydrogen) atoms. The topological polar surface area (TPSA) is 60.8 Å². The first-order valence-electron chi connectivity index (χ1n) is 6.01. The molecule has 0 amide bonds. The van der Waals surface area contributed by atoms with Crippen molar-refractivity contribution in [2.75, 3.05) is 5.32 Å². The van der Waals surface area contributed by atoms with Crippen LogP contribution in [0.5, 0.6) is 0 Å². The van der Waals surface area contributed by atoms with Gasteiger partial charge in [0.15, 0.2) is 0 Å². The molecule has 106 valence electrons. The number of anilines is 1. The molecule has 0 radical (unpaired) electrons. The van der Waals surface area contributed by atoms with Gasteiger partial charge in [-0.3, -0.25) is 0 Å². The van der Waals surface area contributed by atoms with Crippen molar-refractivity contribution in [1.29, 1.82) is 0 Å². The van der Waals surface area contributed by atoms with E-state index < -0.39 is 0 Å². The Kier molecular flexibility index (Phi) is 5.57. The maximum atomic E-state index is 12.8. The minimum atomic E-state index is -0.278. The predicted molar refractivity (Wildman–Crippen MR) is 89.2 cm³/mol. The molecule has 0 fully saturated rings. The van der Waals surface area contributed by atoms with Crippen molar-refractivity contribution in [3.05, 3.63) is 70.4 Å². The second kappa shape index (κ2) is 7.64. The van der Waals surface area contributed by atoms with Crippen molar-refractivity contribution < 1.29 is 4.39 Å². The van der Waals surface area contributed by atoms with E-state index in [-0.39, 0.29) is 5.82 Å². The summed E-state index contributed by atoms with van der Waals surface area (Å²) in [6.45, 7) is 0. The fourth-order valence-corrected chi connectivity index (χ4v) is 2.52. The van der Waals surface area contributed by atoms with Gasteiger partial charge in [0.2, 0.25) is 0 Å². The van der Waals surface area contributed by atoms with E-state index in [9.17, 15) is 4.39 Å². The van der Waals surface area contributed by atoms with Gasteiger partial charge in [0.1, 0.15) is 10.1 Å². The molecule has 4 nitrogen and oxygen atoms in total. The molecule has 0 bridgehead atoms. The van der Waals surface area contributed by atoms with Crippen molar-refractivity contribution in [3.63, 3.8) is 0 Å². The SMILES string of the molecule is [N-]=[N+]=Nc1ccc(CSC(=S)Nc2ccc(F)cc2)cc1. The van der Waals surface area contributed by atoms with Gasteiger partial charge in [0.25, 0.3) is 0 Å². The van der Waals surface area contributed by atoms with E-state index >= 15 is 0 Å². The Bertz CT molecular complexity index is 664. The molecule has 2 aromatic carbocycles. The Morgan fingerprint density at radius 1 is 1.19 bits per heavy atom. The molecule has 0 aliphatic rings. The number of hydrogen-bond acceptors (Lipinski definition) is 3. The maximum Gasteiger partial charge on any atom is 0.138 e. The lowest BCUT2D eigenvalue weighted by Crippen LogP contribution is -2.04. The second-order valence-electron chi connectivity index (χ2n) is 4.06. The van der Waals surface area contributed by atoms with Gasteiger partial charge in [-0.1, -0.05) is 53.4 Å². The Hall–Kier alpha value is -2.08. The van der Waals surface area contributed by atoms with E-state index in [2.05, 4.69) is 15.3 Å². The number of hydrogen-bond donors (Lipinski definition) is 1. The molecule has 0 aliphatic carbocycles. The molecule has 2 rings (SSSR count). The first-order valence-corrected chi connectivity index (χ1v) is 7.40. The lowest BCUT2D eigenvalue weighted by molar-refractivity contribution is 0.628. The number of thiocarbonyl (C=S) groups is 1. The normalized spacial score (nSPS) is 9.76. The van der Waals surface area contributed by atoms with E-state index in [1.165, 1.54) is 23.9 Å². The summed E-state index contributed by atoms with van der Waals surface area (Å²) in [4.78, 5) is 2.73. The summed E-state index contributed by atoms with van der Waals surface area (Å²) < 4.78 is 13.4. The van der Waals surface area contributed by atoms with E-state index in [4.69, 9.17) is 17.7 Å². The van der Waals surface area contributed by atoms with Crippen molar-refractivity contribution in [2.45, 2.75) is 5.75 Å². The minimum absolute atomic E-state index is 0.278. The predicted octanol–water partition coefficient (Wildman–Crippen LogP) is 5.40. The quantitative estimate of drug-likeness (QED) is 0.355. The van der Waals surface area contributed by atoms with Gasteiger partial charge in [-0.05, 0) is 35.4 Å². The Labute approximate surface area is 131 Å². The zero-order chi connectivity index (χ0) is 15.1. The molecule has 1 N–H and O–H groups in total. The van der Waals surface area contributed by atoms with Crippen LogP contribution in [0.1, 0.15) is 5.56 Å². The van der Waals surface area contributed by atoms with Crippen LogP contribution in [-0.2, 0) is 5.75 Å². The van der Waals surface area contributed by atoms with Crippen LogP contribution in [0.3, 0.4) is 0 Å². The maximum absolute atomic E-state index is 12.8. The summed E-state index contributed by atoms with van der Waals surface area (Å²) in [6.07, 6.45) is 0. The lowest BCUT2D eigenvalue weighted by atomic mass is 10.2. The number of nitrogens with zero attached hydrogens (tertiary/aromatic N) is 3. The van der Waals surface area contributed by atoms with Crippen LogP contribution in [0.25, 0.3) is 10.4 Å². The van der Waals surface area contributed by atoms with Crippen LogP contribution in [0.4, 0.5) is 15.8 Å². The van der Waals surface area contributed by atoms with E-state index in [1.54, 1.807) is 24.3 Å². The number of benzene rings is 2. The van der Waals surface area contributed by atoms with Gasteiger partial charge in [0.05, 0.1) is 0 Å². The van der Waals surface area contributed by atoms with Crippen molar-refractivity contribution in [1.82, 2.24) is 0 Å². The third-order valence-corrected chi connectivity index (χ3v) is 3.85. The fraction of sp³-hybridized carbons (Fsp3) is 0.0714. The van der Waals surface area contributed by atoms with Crippen LogP contribution in [0.15, 0.2) is 53.6 Å². The van der Waals surface area contributed by atoms with E-state index in [0.717, 1.165) is 11.3 Å². The number of azide groups is 1. The van der Waals surface area contributed by atoms with Gasteiger partial charge in [-0.25, -0.2) is 4.39 Å². The van der Waals surface area contributed by atoms with Crippen molar-refractivity contribution in [3.8, 4) is 0 Å². The highest BCUT2D eigenvalue weighted by molar-refractivity contribution is 8.22. The first kappa shape index (κ1) is 15.3. The highest BCUT2D eigenvalue weighted by atomic mass is 32.2. The highest BCUT2D eigenvalue weighted by Gasteiger charge is 2.01. The van der Waals surface area contributed by atoms with E-state index in [0.29, 0.717) is 15.8 Å². The molecule has 0 spiro atoms. The average Bonchev–Trinajstić information content (AvgIpc) is 2.49. The van der Waals surface area contributed by atoms with Crippen LogP contribution in [0.2, 0.25) is 0 Å². The molecule has 2 aromatic rings. The zero-order valence-electron chi connectivity index (χ0n) is 10.9. The standard InChI is InChI=1S/C14H11FN4S2/c15-11-3-7-12(8-4-11)17-14(20)21-9-10-1-5-13(6-2-10)18-19-16/h1-8H,9H2,(H,17,20). The molecule has 0 aromatic heterocycles. The summed E-state index contributed by atoms with van der Waals surface area (Å²) in [5.41, 5.74) is 10.7. The van der Waals surface area contributed by atoms with E-state index in [1.807, 2.05) is 12.1 Å². The zero-order valence-corrected chi connectivity index (χ0v) is 12.5. The number of halogens is 1. The van der Waals surface area contributed by atoms with Gasteiger partial charge in [-0.2, -0.15) is 0 Å². The second-order valence-corrected chi connectivity index (χ2v) is 5.72. The molecule has 0 unspecified atom stereocenters. The number of nitrogens with one attached hydrogen (secondary N) is 1. The van der Waals surface area contributed by atoms with Gasteiger partial charge in [0, 0.05) is 22.0 Å². The van der Waals surface area contributed by atoms with Gasteiger partial charge >= 0.3 is 0 Å². The van der Waals surface area contributed by atoms with Gasteiger partial charge in [-0.15, -0.1) is 0 Å². The summed E-state index contributed by atoms with van der Waals surface area (Å²) in [5.74, 6) is 0.420. The first-order chi connectivity index (χ1) is 10.2. The molecule has 0 heterocycles. The minimum Gasteiger partial charge on any atom is -0.341 e. The Morgan fingerprint density at radius 3 is 2.48 bits per heavy atom. The van der Waals surface area contributed by atoms with Crippen LogP contribution in [0, 0.1) is 5.82 Å². The molecular formula is C14H11FN4S2. The summed E-state index contributed by atoms with van der Waals surface area (Å²) in [5, 5.41) is 6.54. The average molecular weight is 318 g/mol. The molecule has 0 saturated carbocycles. The number of thioether (sulfide) groups is 1. The summed E-state index contributed by atoms with van der Waals surface area (Å²) in [6, 6.07) is 13.3.